The molecule has 0 amide bonds. The van der Waals surface area contributed by atoms with Gasteiger partial charge in [0.25, 0.3) is 0 Å². The summed E-state index contributed by atoms with van der Waals surface area (Å²) >= 11 is 6.05. The number of hydrogen-bond acceptors (Lipinski definition) is 1. The molecule has 1 N–H and O–H groups in total. The number of rotatable bonds is 3. The zero-order chi connectivity index (χ0) is 14.0. The Labute approximate surface area is 115 Å². The summed E-state index contributed by atoms with van der Waals surface area (Å²) in [7, 11) is 0. The number of para-hydroxylation sites is 1. The Hall–Kier alpha value is -1.87. The SMILES string of the molecule is C=C(Nc1c(F)cccc1F)c1cc(C)ccc1Cl. The average molecular weight is 280 g/mol. The van der Waals surface area contributed by atoms with Gasteiger partial charge < -0.3 is 5.32 Å². The third kappa shape index (κ3) is 2.93. The van der Waals surface area contributed by atoms with E-state index in [2.05, 4.69) is 11.9 Å². The molecule has 4 heteroatoms. The quantitative estimate of drug-likeness (QED) is 0.833. The molecule has 1 nitrogen and oxygen atoms in total. The van der Waals surface area contributed by atoms with E-state index in [1.807, 2.05) is 13.0 Å². The number of halogens is 3. The lowest BCUT2D eigenvalue weighted by atomic mass is 10.1. The van der Waals surface area contributed by atoms with Crippen LogP contribution in [0.15, 0.2) is 43.0 Å². The van der Waals surface area contributed by atoms with Crippen LogP contribution in [0, 0.1) is 18.6 Å². The summed E-state index contributed by atoms with van der Waals surface area (Å²) in [5.74, 6) is -1.35. The van der Waals surface area contributed by atoms with Gasteiger partial charge in [-0.1, -0.05) is 35.9 Å². The van der Waals surface area contributed by atoms with Crippen molar-refractivity contribution in [1.29, 1.82) is 0 Å². The number of hydrogen-bond donors (Lipinski definition) is 1. The first-order valence-corrected chi connectivity index (χ1v) is 6.03. The second-order valence-electron chi connectivity index (χ2n) is 4.18. The Balaban J connectivity index is 2.34. The van der Waals surface area contributed by atoms with Gasteiger partial charge in [0.15, 0.2) is 0 Å². The van der Waals surface area contributed by atoms with E-state index in [-0.39, 0.29) is 5.69 Å². The molecule has 0 aromatic heterocycles. The molecule has 2 aromatic rings. The maximum atomic E-state index is 13.5. The zero-order valence-corrected chi connectivity index (χ0v) is 11.1. The lowest BCUT2D eigenvalue weighted by Crippen LogP contribution is -2.03. The van der Waals surface area contributed by atoms with Gasteiger partial charge >= 0.3 is 0 Å². The summed E-state index contributed by atoms with van der Waals surface area (Å²) in [6.07, 6.45) is 0. The van der Waals surface area contributed by atoms with E-state index >= 15 is 0 Å². The van der Waals surface area contributed by atoms with Crippen molar-refractivity contribution in [3.63, 3.8) is 0 Å². The van der Waals surface area contributed by atoms with Crippen LogP contribution >= 0.6 is 11.6 Å². The molecule has 0 unspecified atom stereocenters. The first-order chi connectivity index (χ1) is 8.99. The van der Waals surface area contributed by atoms with Crippen molar-refractivity contribution in [1.82, 2.24) is 0 Å². The fourth-order valence-corrected chi connectivity index (χ4v) is 1.94. The van der Waals surface area contributed by atoms with Gasteiger partial charge in [-0.15, -0.1) is 0 Å². The Morgan fingerprint density at radius 1 is 1.16 bits per heavy atom. The van der Waals surface area contributed by atoms with Gasteiger partial charge in [0.2, 0.25) is 0 Å². The molecule has 0 fully saturated rings. The molecule has 2 rings (SSSR count). The van der Waals surface area contributed by atoms with Gasteiger partial charge in [-0.05, 0) is 31.2 Å². The lowest BCUT2D eigenvalue weighted by molar-refractivity contribution is 0.591. The third-order valence-electron chi connectivity index (χ3n) is 2.69. The fraction of sp³-hybridized carbons (Fsp3) is 0.0667. The molecule has 0 aliphatic heterocycles. The van der Waals surface area contributed by atoms with Crippen LogP contribution in [0.1, 0.15) is 11.1 Å². The molecule has 0 saturated heterocycles. The standard InChI is InChI=1S/C15H12ClF2N/c1-9-6-7-12(16)11(8-9)10(2)19-15-13(17)4-3-5-14(15)18/h3-8,19H,2H2,1H3. The fourth-order valence-electron chi connectivity index (χ4n) is 1.71. The highest BCUT2D eigenvalue weighted by molar-refractivity contribution is 6.32. The summed E-state index contributed by atoms with van der Waals surface area (Å²) in [5.41, 5.74) is 1.71. The zero-order valence-electron chi connectivity index (χ0n) is 10.3. The molecule has 0 atom stereocenters. The summed E-state index contributed by atoms with van der Waals surface area (Å²) in [5, 5.41) is 3.11. The minimum Gasteiger partial charge on any atom is -0.351 e. The Morgan fingerprint density at radius 3 is 2.42 bits per heavy atom. The van der Waals surface area contributed by atoms with Crippen molar-refractivity contribution in [2.75, 3.05) is 5.32 Å². The predicted octanol–water partition coefficient (Wildman–Crippen LogP) is 5.01. The maximum Gasteiger partial charge on any atom is 0.149 e. The normalized spacial score (nSPS) is 10.3. The molecule has 0 aliphatic rings. The highest BCUT2D eigenvalue weighted by atomic mass is 35.5. The van der Waals surface area contributed by atoms with Crippen LogP contribution < -0.4 is 5.32 Å². The molecule has 0 spiro atoms. The van der Waals surface area contributed by atoms with Gasteiger partial charge in [-0.25, -0.2) is 8.78 Å². The minimum atomic E-state index is -0.676. The largest absolute Gasteiger partial charge is 0.351 e. The number of aryl methyl sites for hydroxylation is 1. The molecule has 19 heavy (non-hydrogen) atoms. The van der Waals surface area contributed by atoms with Gasteiger partial charge in [0.1, 0.15) is 17.3 Å². The molecule has 0 bridgehead atoms. The second-order valence-corrected chi connectivity index (χ2v) is 4.59. The molecule has 2 aromatic carbocycles. The minimum absolute atomic E-state index is 0.231. The van der Waals surface area contributed by atoms with Crippen LogP contribution in [0.2, 0.25) is 5.02 Å². The van der Waals surface area contributed by atoms with Gasteiger partial charge in [-0.3, -0.25) is 0 Å². The van der Waals surface area contributed by atoms with Crippen LogP contribution in [0.25, 0.3) is 5.70 Å². The van der Waals surface area contributed by atoms with Crippen LogP contribution in [-0.4, -0.2) is 0 Å². The summed E-state index contributed by atoms with van der Waals surface area (Å²) in [4.78, 5) is 0. The average Bonchev–Trinajstić information content (AvgIpc) is 2.37. The predicted molar refractivity (Wildman–Crippen MR) is 75.2 cm³/mol. The number of nitrogens with one attached hydrogen (secondary N) is 1. The lowest BCUT2D eigenvalue weighted by Gasteiger charge is -2.13. The van der Waals surface area contributed by atoms with E-state index in [4.69, 9.17) is 11.6 Å². The Bertz CT molecular complexity index is 618. The van der Waals surface area contributed by atoms with E-state index in [0.717, 1.165) is 5.56 Å². The Morgan fingerprint density at radius 2 is 1.79 bits per heavy atom. The monoisotopic (exact) mass is 279 g/mol. The molecular formula is C15H12ClF2N. The molecule has 0 radical (unpaired) electrons. The van der Waals surface area contributed by atoms with E-state index in [1.54, 1.807) is 12.1 Å². The highest BCUT2D eigenvalue weighted by Gasteiger charge is 2.11. The van der Waals surface area contributed by atoms with Gasteiger partial charge in [0.05, 0.1) is 0 Å². The highest BCUT2D eigenvalue weighted by Crippen LogP contribution is 2.27. The van der Waals surface area contributed by atoms with E-state index in [1.165, 1.54) is 18.2 Å². The van der Waals surface area contributed by atoms with Crippen LogP contribution in [0.4, 0.5) is 14.5 Å². The van der Waals surface area contributed by atoms with E-state index in [0.29, 0.717) is 16.3 Å². The van der Waals surface area contributed by atoms with Crippen LogP contribution in [0.5, 0.6) is 0 Å². The van der Waals surface area contributed by atoms with Crippen molar-refractivity contribution in [3.8, 4) is 0 Å². The maximum absolute atomic E-state index is 13.5. The van der Waals surface area contributed by atoms with Gasteiger partial charge in [0, 0.05) is 16.3 Å². The van der Waals surface area contributed by atoms with E-state index < -0.39 is 11.6 Å². The summed E-state index contributed by atoms with van der Waals surface area (Å²) < 4.78 is 27.1. The topological polar surface area (TPSA) is 12.0 Å². The van der Waals surface area contributed by atoms with Crippen LogP contribution in [0.3, 0.4) is 0 Å². The molecule has 0 saturated carbocycles. The smallest absolute Gasteiger partial charge is 0.149 e. The first kappa shape index (κ1) is 13.6. The molecule has 0 heterocycles. The van der Waals surface area contributed by atoms with Crippen molar-refractivity contribution in [3.05, 3.63) is 70.8 Å². The van der Waals surface area contributed by atoms with Crippen molar-refractivity contribution in [2.45, 2.75) is 6.92 Å². The second kappa shape index (κ2) is 5.41. The number of benzene rings is 2. The van der Waals surface area contributed by atoms with Crippen molar-refractivity contribution in [2.24, 2.45) is 0 Å². The van der Waals surface area contributed by atoms with Crippen molar-refractivity contribution >= 4 is 23.0 Å². The Kier molecular flexibility index (Phi) is 3.86. The first-order valence-electron chi connectivity index (χ1n) is 5.65. The van der Waals surface area contributed by atoms with Crippen LogP contribution in [-0.2, 0) is 0 Å². The van der Waals surface area contributed by atoms with Crippen molar-refractivity contribution < 1.29 is 8.78 Å². The number of anilines is 1. The summed E-state index contributed by atoms with van der Waals surface area (Å²) in [6.45, 7) is 5.68. The molecular weight excluding hydrogens is 268 g/mol. The third-order valence-corrected chi connectivity index (χ3v) is 3.02. The molecule has 98 valence electrons. The summed E-state index contributed by atoms with van der Waals surface area (Å²) in [6, 6.07) is 9.03. The molecule has 0 aliphatic carbocycles. The van der Waals surface area contributed by atoms with Gasteiger partial charge in [-0.2, -0.15) is 0 Å². The van der Waals surface area contributed by atoms with E-state index in [9.17, 15) is 8.78 Å².